The van der Waals surface area contributed by atoms with E-state index in [1.54, 1.807) is 17.2 Å². The van der Waals surface area contributed by atoms with E-state index in [1.807, 2.05) is 26.8 Å². The van der Waals surface area contributed by atoms with Crippen LogP contribution in [-0.2, 0) is 4.74 Å². The molecule has 1 N–H and O–H groups in total. The highest BCUT2D eigenvalue weighted by Crippen LogP contribution is 2.22. The van der Waals surface area contributed by atoms with Crippen molar-refractivity contribution in [2.45, 2.75) is 32.8 Å². The lowest BCUT2D eigenvalue weighted by Gasteiger charge is -2.30. The number of nitrogens with zero attached hydrogens (tertiary/aromatic N) is 3. The quantitative estimate of drug-likeness (QED) is 0.868. The smallest absolute Gasteiger partial charge is 0.410 e. The summed E-state index contributed by atoms with van der Waals surface area (Å²) in [6.45, 7) is 6.54. The molecule has 0 fully saturated rings. The Kier molecular flexibility index (Phi) is 4.09. The zero-order valence-electron chi connectivity index (χ0n) is 14.0. The summed E-state index contributed by atoms with van der Waals surface area (Å²) in [5.41, 5.74) is 1.39. The van der Waals surface area contributed by atoms with Crippen LogP contribution in [0.1, 0.15) is 32.9 Å². The highest BCUT2D eigenvalue weighted by atomic mass is 16.6. The van der Waals surface area contributed by atoms with Crippen molar-refractivity contribution < 1.29 is 9.53 Å². The van der Waals surface area contributed by atoms with Crippen LogP contribution in [0.2, 0.25) is 0 Å². The first-order valence-corrected chi connectivity index (χ1v) is 7.84. The summed E-state index contributed by atoms with van der Waals surface area (Å²) in [4.78, 5) is 36.8. The Morgan fingerprint density at radius 3 is 2.88 bits per heavy atom. The molecule has 3 heterocycles. The summed E-state index contributed by atoms with van der Waals surface area (Å²) in [5, 5.41) is 0.484. The van der Waals surface area contributed by atoms with Crippen molar-refractivity contribution in [2.75, 3.05) is 13.1 Å². The Morgan fingerprint density at radius 2 is 2.12 bits per heavy atom. The maximum Gasteiger partial charge on any atom is 0.410 e. The standard InChI is InChI=1S/C17H20N4O3/c1-17(2,3)24-16(23)21-6-4-5-11(9-21)13-7-12-14(8-18-13)19-10-20-15(12)22/h5,7-8,10H,4,6,9H2,1-3H3,(H,19,20,22). The van der Waals surface area contributed by atoms with Gasteiger partial charge >= 0.3 is 6.09 Å². The molecule has 0 spiro atoms. The van der Waals surface area contributed by atoms with Gasteiger partial charge in [0.25, 0.3) is 5.56 Å². The summed E-state index contributed by atoms with van der Waals surface area (Å²) < 4.78 is 5.43. The van der Waals surface area contributed by atoms with Gasteiger partial charge in [0.2, 0.25) is 0 Å². The molecule has 0 unspecified atom stereocenters. The number of ether oxygens (including phenoxy) is 1. The summed E-state index contributed by atoms with van der Waals surface area (Å²) >= 11 is 0. The van der Waals surface area contributed by atoms with Gasteiger partial charge in [-0.05, 0) is 38.8 Å². The number of pyridine rings is 1. The number of nitrogens with one attached hydrogen (secondary N) is 1. The Bertz CT molecular complexity index is 864. The van der Waals surface area contributed by atoms with E-state index in [1.165, 1.54) is 6.33 Å². The lowest BCUT2D eigenvalue weighted by Crippen LogP contribution is -2.39. The largest absolute Gasteiger partial charge is 0.444 e. The zero-order valence-corrected chi connectivity index (χ0v) is 14.0. The first-order chi connectivity index (χ1) is 11.3. The average molecular weight is 328 g/mol. The second-order valence-corrected chi connectivity index (χ2v) is 6.74. The molecule has 0 aliphatic carbocycles. The third-order valence-electron chi connectivity index (χ3n) is 3.66. The Hall–Kier alpha value is -2.70. The molecule has 0 atom stereocenters. The molecular weight excluding hydrogens is 308 g/mol. The van der Waals surface area contributed by atoms with Crippen LogP contribution in [0, 0.1) is 0 Å². The van der Waals surface area contributed by atoms with Crippen LogP contribution in [0.15, 0.2) is 29.5 Å². The Labute approximate surface area is 139 Å². The molecular formula is C17H20N4O3. The lowest BCUT2D eigenvalue weighted by atomic mass is 10.1. The zero-order chi connectivity index (χ0) is 17.3. The molecule has 0 saturated heterocycles. The average Bonchev–Trinajstić information content (AvgIpc) is 2.53. The third kappa shape index (κ3) is 3.45. The van der Waals surface area contributed by atoms with E-state index in [0.717, 1.165) is 12.0 Å². The molecule has 0 radical (unpaired) electrons. The van der Waals surface area contributed by atoms with E-state index in [2.05, 4.69) is 15.0 Å². The number of H-pyrrole nitrogens is 1. The molecule has 0 aromatic carbocycles. The minimum atomic E-state index is -0.529. The summed E-state index contributed by atoms with van der Waals surface area (Å²) in [7, 11) is 0. The van der Waals surface area contributed by atoms with Crippen LogP contribution in [0.4, 0.5) is 4.79 Å². The van der Waals surface area contributed by atoms with Gasteiger partial charge in [-0.25, -0.2) is 9.78 Å². The van der Waals surface area contributed by atoms with E-state index in [0.29, 0.717) is 29.7 Å². The minimum Gasteiger partial charge on any atom is -0.444 e. The number of rotatable bonds is 1. The van der Waals surface area contributed by atoms with Crippen LogP contribution in [0.3, 0.4) is 0 Å². The molecule has 126 valence electrons. The third-order valence-corrected chi connectivity index (χ3v) is 3.66. The molecule has 2 aromatic heterocycles. The van der Waals surface area contributed by atoms with Crippen molar-refractivity contribution in [1.29, 1.82) is 0 Å². The number of fused-ring (bicyclic) bond motifs is 1. The van der Waals surface area contributed by atoms with Crippen molar-refractivity contribution in [3.8, 4) is 0 Å². The van der Waals surface area contributed by atoms with Gasteiger partial charge in [-0.1, -0.05) is 6.08 Å². The molecule has 2 aromatic rings. The van der Waals surface area contributed by atoms with Crippen molar-refractivity contribution >= 4 is 22.6 Å². The number of aromatic amines is 1. The summed E-state index contributed by atoms with van der Waals surface area (Å²) in [6.07, 6.45) is 5.36. The molecule has 1 aliphatic rings. The Balaban J connectivity index is 1.85. The summed E-state index contributed by atoms with van der Waals surface area (Å²) in [6, 6.07) is 1.71. The van der Waals surface area contributed by atoms with E-state index in [4.69, 9.17) is 4.74 Å². The van der Waals surface area contributed by atoms with Crippen molar-refractivity contribution in [3.05, 3.63) is 40.7 Å². The number of aromatic nitrogens is 3. The van der Waals surface area contributed by atoms with Crippen molar-refractivity contribution in [1.82, 2.24) is 19.9 Å². The van der Waals surface area contributed by atoms with Gasteiger partial charge in [0.05, 0.1) is 35.7 Å². The van der Waals surface area contributed by atoms with Crippen molar-refractivity contribution in [2.24, 2.45) is 0 Å². The van der Waals surface area contributed by atoms with Gasteiger partial charge in [0.15, 0.2) is 0 Å². The fourth-order valence-electron chi connectivity index (χ4n) is 2.56. The molecule has 1 aliphatic heterocycles. The molecule has 3 rings (SSSR count). The van der Waals surface area contributed by atoms with Gasteiger partial charge in [0.1, 0.15) is 5.60 Å². The predicted octanol–water partition coefficient (Wildman–Crippen LogP) is 2.34. The monoisotopic (exact) mass is 328 g/mol. The molecule has 24 heavy (non-hydrogen) atoms. The van der Waals surface area contributed by atoms with Gasteiger partial charge in [-0.15, -0.1) is 0 Å². The molecule has 0 saturated carbocycles. The van der Waals surface area contributed by atoms with Crippen molar-refractivity contribution in [3.63, 3.8) is 0 Å². The number of amides is 1. The van der Waals surface area contributed by atoms with Gasteiger partial charge < -0.3 is 14.6 Å². The highest BCUT2D eigenvalue weighted by molar-refractivity contribution is 5.81. The fraction of sp³-hybridized carbons (Fsp3) is 0.412. The summed E-state index contributed by atoms with van der Waals surface area (Å²) in [5.74, 6) is 0. The SMILES string of the molecule is CC(C)(C)OC(=O)N1CCC=C(c2cc3c(=O)[nH]cnc3cn2)C1. The normalized spacial score (nSPS) is 15.3. The van der Waals surface area contributed by atoms with Crippen LogP contribution in [-0.4, -0.2) is 44.6 Å². The molecule has 1 amide bonds. The first-order valence-electron chi connectivity index (χ1n) is 7.84. The number of hydrogen-bond donors (Lipinski definition) is 1. The topological polar surface area (TPSA) is 88.2 Å². The first kappa shape index (κ1) is 16.2. The van der Waals surface area contributed by atoms with Crippen LogP contribution >= 0.6 is 0 Å². The number of carbonyl (C=O) groups excluding carboxylic acids is 1. The second kappa shape index (κ2) is 6.07. The van der Waals surface area contributed by atoms with Gasteiger partial charge in [-0.3, -0.25) is 9.78 Å². The number of carbonyl (C=O) groups is 1. The van der Waals surface area contributed by atoms with Crippen LogP contribution in [0.25, 0.3) is 16.5 Å². The second-order valence-electron chi connectivity index (χ2n) is 6.74. The van der Waals surface area contributed by atoms with E-state index in [9.17, 15) is 9.59 Å². The molecule has 0 bridgehead atoms. The highest BCUT2D eigenvalue weighted by Gasteiger charge is 2.25. The van der Waals surface area contributed by atoms with E-state index >= 15 is 0 Å². The number of hydrogen-bond acceptors (Lipinski definition) is 5. The maximum atomic E-state index is 12.2. The molecule has 7 heteroatoms. The lowest BCUT2D eigenvalue weighted by molar-refractivity contribution is 0.0273. The van der Waals surface area contributed by atoms with Crippen LogP contribution < -0.4 is 5.56 Å². The minimum absolute atomic E-state index is 0.205. The van der Waals surface area contributed by atoms with Gasteiger partial charge in [-0.2, -0.15) is 0 Å². The van der Waals surface area contributed by atoms with E-state index < -0.39 is 5.60 Å². The maximum absolute atomic E-state index is 12.2. The van der Waals surface area contributed by atoms with E-state index in [-0.39, 0.29) is 11.7 Å². The van der Waals surface area contributed by atoms with Gasteiger partial charge in [0, 0.05) is 6.54 Å². The Morgan fingerprint density at radius 1 is 1.33 bits per heavy atom. The molecule has 7 nitrogen and oxygen atoms in total. The fourth-order valence-corrected chi connectivity index (χ4v) is 2.56. The van der Waals surface area contributed by atoms with Crippen LogP contribution in [0.5, 0.6) is 0 Å². The predicted molar refractivity (Wildman–Crippen MR) is 90.6 cm³/mol.